The largest absolute Gasteiger partial charge is 0.478 e. The van der Waals surface area contributed by atoms with E-state index in [1.54, 1.807) is 27.7 Å². The van der Waals surface area contributed by atoms with Crippen molar-refractivity contribution in [2.24, 2.45) is 0 Å². The number of carbonyl (C=O) groups is 2. The van der Waals surface area contributed by atoms with Crippen LogP contribution in [0, 0.1) is 0 Å². The van der Waals surface area contributed by atoms with Gasteiger partial charge in [-0.3, -0.25) is 0 Å². The number of carboxylic acids is 1. The topological polar surface area (TPSA) is 75.6 Å². The van der Waals surface area contributed by atoms with E-state index in [-0.39, 0.29) is 11.6 Å². The molecule has 0 aliphatic heterocycles. The van der Waals surface area contributed by atoms with E-state index in [0.29, 0.717) is 0 Å². The highest BCUT2D eigenvalue weighted by atomic mass is 16.6. The first-order valence-corrected chi connectivity index (χ1v) is 5.03. The molecule has 0 rings (SSSR count). The third-order valence-electron chi connectivity index (χ3n) is 1.58. The van der Waals surface area contributed by atoms with Gasteiger partial charge in [0, 0.05) is 11.6 Å². The van der Waals surface area contributed by atoms with Crippen LogP contribution in [0.15, 0.2) is 11.6 Å². The summed E-state index contributed by atoms with van der Waals surface area (Å²) in [5, 5.41) is 11.2. The summed E-state index contributed by atoms with van der Waals surface area (Å²) in [6.07, 6.45) is 0.890. The molecule has 5 nitrogen and oxygen atoms in total. The maximum atomic E-state index is 11.3. The van der Waals surface area contributed by atoms with E-state index in [4.69, 9.17) is 9.84 Å². The molecule has 0 aromatic carbocycles. The highest BCUT2D eigenvalue weighted by Crippen LogP contribution is 2.07. The Kier molecular flexibility index (Phi) is 5.01. The van der Waals surface area contributed by atoms with Crippen molar-refractivity contribution in [3.8, 4) is 0 Å². The van der Waals surface area contributed by atoms with E-state index in [2.05, 4.69) is 5.32 Å². The van der Waals surface area contributed by atoms with Gasteiger partial charge in [-0.1, -0.05) is 6.08 Å². The Morgan fingerprint density at radius 2 is 1.88 bits per heavy atom. The summed E-state index contributed by atoms with van der Waals surface area (Å²) >= 11 is 0. The fourth-order valence-corrected chi connectivity index (χ4v) is 0.981. The minimum Gasteiger partial charge on any atom is -0.478 e. The molecule has 1 amide bonds. The Balaban J connectivity index is 4.26. The fraction of sp³-hybridized carbons (Fsp3) is 0.636. The lowest BCUT2D eigenvalue weighted by Gasteiger charge is -2.21. The van der Waals surface area contributed by atoms with Crippen molar-refractivity contribution < 1.29 is 19.4 Å². The molecular weight excluding hydrogens is 210 g/mol. The number of carboxylic acid groups (broad SMARTS) is 1. The second kappa shape index (κ2) is 5.53. The Labute approximate surface area is 95.5 Å². The molecule has 0 aliphatic rings. The van der Waals surface area contributed by atoms with Crippen molar-refractivity contribution in [3.05, 3.63) is 11.6 Å². The lowest BCUT2D eigenvalue weighted by molar-refractivity contribution is -0.132. The average Bonchev–Trinajstić information content (AvgIpc) is 1.98. The predicted molar refractivity (Wildman–Crippen MR) is 60.2 cm³/mol. The smallest absolute Gasteiger partial charge is 0.408 e. The van der Waals surface area contributed by atoms with Gasteiger partial charge in [0.15, 0.2) is 0 Å². The molecule has 16 heavy (non-hydrogen) atoms. The second-order valence-electron chi connectivity index (χ2n) is 4.59. The number of hydrogen-bond acceptors (Lipinski definition) is 3. The molecule has 0 fully saturated rings. The number of alkyl carbamates (subject to hydrolysis) is 1. The predicted octanol–water partition coefficient (Wildman–Crippen LogP) is 1.93. The molecular formula is C11H19NO4. The molecule has 0 heterocycles. The summed E-state index contributed by atoms with van der Waals surface area (Å²) < 4.78 is 5.02. The van der Waals surface area contributed by atoms with Gasteiger partial charge in [0.25, 0.3) is 0 Å². The Morgan fingerprint density at radius 3 is 2.25 bits per heavy atom. The summed E-state index contributed by atoms with van der Waals surface area (Å²) in [6, 6.07) is -0.383. The van der Waals surface area contributed by atoms with Gasteiger partial charge in [-0.25, -0.2) is 9.59 Å². The first-order chi connectivity index (χ1) is 7.11. The molecule has 1 unspecified atom stereocenters. The molecule has 0 saturated carbocycles. The molecule has 0 bridgehead atoms. The number of ether oxygens (including phenoxy) is 1. The first kappa shape index (κ1) is 14.5. The summed E-state index contributed by atoms with van der Waals surface area (Å²) in [4.78, 5) is 21.8. The summed E-state index contributed by atoms with van der Waals surface area (Å²) in [5.74, 6) is -1.00. The van der Waals surface area contributed by atoms with Gasteiger partial charge in [-0.05, 0) is 34.6 Å². The van der Waals surface area contributed by atoms with Gasteiger partial charge in [-0.2, -0.15) is 0 Å². The van der Waals surface area contributed by atoms with Crippen LogP contribution in [0.1, 0.15) is 34.6 Å². The molecule has 0 aliphatic carbocycles. The van der Waals surface area contributed by atoms with Crippen molar-refractivity contribution >= 4 is 12.1 Å². The van der Waals surface area contributed by atoms with Crippen LogP contribution < -0.4 is 5.32 Å². The van der Waals surface area contributed by atoms with Crippen LogP contribution in [0.2, 0.25) is 0 Å². The van der Waals surface area contributed by atoms with Crippen molar-refractivity contribution in [2.75, 3.05) is 0 Å². The van der Waals surface area contributed by atoms with Gasteiger partial charge >= 0.3 is 12.1 Å². The van der Waals surface area contributed by atoms with E-state index < -0.39 is 17.7 Å². The zero-order chi connectivity index (χ0) is 12.9. The monoisotopic (exact) mass is 229 g/mol. The van der Waals surface area contributed by atoms with E-state index >= 15 is 0 Å². The lowest BCUT2D eigenvalue weighted by atomic mass is 10.2. The third-order valence-corrected chi connectivity index (χ3v) is 1.58. The van der Waals surface area contributed by atoms with Crippen LogP contribution in [0.5, 0.6) is 0 Å². The number of carbonyl (C=O) groups excluding carboxylic acids is 1. The van der Waals surface area contributed by atoms with Crippen molar-refractivity contribution in [1.29, 1.82) is 0 Å². The van der Waals surface area contributed by atoms with Crippen LogP contribution in [0.3, 0.4) is 0 Å². The SMILES string of the molecule is CC(=CC(C)NC(=O)OC(C)(C)C)C(=O)O. The van der Waals surface area contributed by atoms with Crippen LogP contribution in [0.4, 0.5) is 4.79 Å². The Bertz CT molecular complexity index is 302. The highest BCUT2D eigenvalue weighted by molar-refractivity contribution is 5.86. The second-order valence-corrected chi connectivity index (χ2v) is 4.59. The van der Waals surface area contributed by atoms with Crippen LogP contribution in [0.25, 0.3) is 0 Å². The van der Waals surface area contributed by atoms with E-state index in [9.17, 15) is 9.59 Å². The van der Waals surface area contributed by atoms with Gasteiger partial charge < -0.3 is 15.2 Å². The third kappa shape index (κ3) is 6.86. The van der Waals surface area contributed by atoms with Crippen molar-refractivity contribution in [2.45, 2.75) is 46.3 Å². The Morgan fingerprint density at radius 1 is 1.38 bits per heavy atom. The molecule has 1 atom stereocenters. The van der Waals surface area contributed by atoms with Crippen molar-refractivity contribution in [1.82, 2.24) is 5.32 Å². The standard InChI is InChI=1S/C11H19NO4/c1-7(9(13)14)6-8(2)12-10(15)16-11(3,4)5/h6,8H,1-5H3,(H,12,15)(H,13,14). The number of aliphatic carboxylic acids is 1. The van der Waals surface area contributed by atoms with Gasteiger partial charge in [0.05, 0.1) is 0 Å². The minimum absolute atomic E-state index is 0.184. The molecule has 0 saturated heterocycles. The zero-order valence-electron chi connectivity index (χ0n) is 10.3. The van der Waals surface area contributed by atoms with Crippen LogP contribution in [-0.4, -0.2) is 28.8 Å². The van der Waals surface area contributed by atoms with Crippen molar-refractivity contribution in [3.63, 3.8) is 0 Å². The molecule has 5 heteroatoms. The fourth-order valence-electron chi connectivity index (χ4n) is 0.981. The maximum Gasteiger partial charge on any atom is 0.408 e. The first-order valence-electron chi connectivity index (χ1n) is 5.03. The van der Waals surface area contributed by atoms with Gasteiger partial charge in [0.2, 0.25) is 0 Å². The average molecular weight is 229 g/mol. The molecule has 2 N–H and O–H groups in total. The van der Waals surface area contributed by atoms with E-state index in [0.717, 1.165) is 0 Å². The quantitative estimate of drug-likeness (QED) is 0.725. The van der Waals surface area contributed by atoms with Crippen LogP contribution in [-0.2, 0) is 9.53 Å². The van der Waals surface area contributed by atoms with Gasteiger partial charge in [-0.15, -0.1) is 0 Å². The Hall–Kier alpha value is -1.52. The summed E-state index contributed by atoms with van der Waals surface area (Å²) in [6.45, 7) is 8.42. The number of hydrogen-bond donors (Lipinski definition) is 2. The molecule has 92 valence electrons. The molecule has 0 aromatic heterocycles. The van der Waals surface area contributed by atoms with Gasteiger partial charge in [0.1, 0.15) is 5.60 Å². The maximum absolute atomic E-state index is 11.3. The number of rotatable bonds is 3. The lowest BCUT2D eigenvalue weighted by Crippen LogP contribution is -2.37. The normalized spacial score (nSPS) is 14.2. The minimum atomic E-state index is -1.00. The number of nitrogens with one attached hydrogen (secondary N) is 1. The van der Waals surface area contributed by atoms with E-state index in [1.165, 1.54) is 13.0 Å². The summed E-state index contributed by atoms with van der Waals surface area (Å²) in [7, 11) is 0. The highest BCUT2D eigenvalue weighted by Gasteiger charge is 2.17. The molecule has 0 aromatic rings. The summed E-state index contributed by atoms with van der Waals surface area (Å²) in [5.41, 5.74) is -0.376. The van der Waals surface area contributed by atoms with Crippen LogP contribution >= 0.6 is 0 Å². The zero-order valence-corrected chi connectivity index (χ0v) is 10.3. The van der Waals surface area contributed by atoms with E-state index in [1.807, 2.05) is 0 Å². The number of amides is 1. The molecule has 0 radical (unpaired) electrons. The molecule has 0 spiro atoms.